The molecule has 0 bridgehead atoms. The van der Waals surface area contributed by atoms with Gasteiger partial charge in [0.05, 0.1) is 6.42 Å². The van der Waals surface area contributed by atoms with Crippen LogP contribution in [-0.4, -0.2) is 57.0 Å². The topological polar surface area (TPSA) is 113 Å². The molecule has 0 spiro atoms. The zero-order valence-corrected chi connectivity index (χ0v) is 16.3. The Morgan fingerprint density at radius 1 is 1.44 bits per heavy atom. The highest BCUT2D eigenvalue weighted by Crippen LogP contribution is 2.46. The second-order valence-corrected chi connectivity index (χ2v) is 8.48. The predicted octanol–water partition coefficient (Wildman–Crippen LogP) is 0.982. The summed E-state index contributed by atoms with van der Waals surface area (Å²) < 4.78 is 4.90. The van der Waals surface area contributed by atoms with E-state index in [1.807, 2.05) is 17.5 Å². The molecule has 3 heterocycles. The van der Waals surface area contributed by atoms with E-state index in [0.29, 0.717) is 11.3 Å². The van der Waals surface area contributed by atoms with Crippen LogP contribution >= 0.6 is 23.1 Å². The fourth-order valence-electron chi connectivity index (χ4n) is 3.11. The van der Waals surface area contributed by atoms with Gasteiger partial charge in [-0.1, -0.05) is 6.07 Å². The Bertz CT molecular complexity index is 834. The van der Waals surface area contributed by atoms with Crippen molar-refractivity contribution in [2.75, 3.05) is 12.4 Å². The SMILES string of the molecule is CC(=O)OCC1=C(C(=O)O)N2C(=O)[C@@](C)(NC(=O)Cc3cccs3)[C@H]2SC1. The maximum Gasteiger partial charge on any atom is 0.352 e. The number of nitrogens with one attached hydrogen (secondary N) is 1. The number of thiophene rings is 1. The van der Waals surface area contributed by atoms with Gasteiger partial charge in [-0.3, -0.25) is 19.3 Å². The molecule has 1 aromatic rings. The Balaban J connectivity index is 1.76. The van der Waals surface area contributed by atoms with Crippen molar-refractivity contribution in [1.29, 1.82) is 0 Å². The quantitative estimate of drug-likeness (QED) is 0.531. The molecule has 8 nitrogen and oxygen atoms in total. The van der Waals surface area contributed by atoms with E-state index in [0.717, 1.165) is 4.88 Å². The van der Waals surface area contributed by atoms with Crippen molar-refractivity contribution in [1.82, 2.24) is 10.2 Å². The van der Waals surface area contributed by atoms with E-state index < -0.39 is 28.8 Å². The molecule has 0 radical (unpaired) electrons. The number of esters is 1. The van der Waals surface area contributed by atoms with Gasteiger partial charge in [0.15, 0.2) is 0 Å². The number of thioether (sulfide) groups is 1. The minimum absolute atomic E-state index is 0.164. The summed E-state index contributed by atoms with van der Waals surface area (Å²) in [6.07, 6.45) is 0.164. The lowest BCUT2D eigenvalue weighted by Crippen LogP contribution is -2.78. The third kappa shape index (κ3) is 3.59. The van der Waals surface area contributed by atoms with Crippen LogP contribution in [0.1, 0.15) is 18.7 Å². The molecule has 0 saturated carbocycles. The summed E-state index contributed by atoms with van der Waals surface area (Å²) in [4.78, 5) is 49.8. The molecule has 144 valence electrons. The van der Waals surface area contributed by atoms with Crippen molar-refractivity contribution in [3.8, 4) is 0 Å². The molecule has 27 heavy (non-hydrogen) atoms. The highest BCUT2D eigenvalue weighted by atomic mass is 32.2. The molecule has 3 rings (SSSR count). The van der Waals surface area contributed by atoms with Crippen molar-refractivity contribution >= 4 is 46.9 Å². The molecule has 2 aliphatic heterocycles. The molecular formula is C17H18N2O6S2. The highest BCUT2D eigenvalue weighted by Gasteiger charge is 2.62. The summed E-state index contributed by atoms with van der Waals surface area (Å²) in [6.45, 7) is 2.66. The Labute approximate surface area is 163 Å². The predicted molar refractivity (Wildman–Crippen MR) is 99.0 cm³/mol. The molecular weight excluding hydrogens is 392 g/mol. The number of hydrogen-bond acceptors (Lipinski definition) is 7. The van der Waals surface area contributed by atoms with Gasteiger partial charge in [0, 0.05) is 23.1 Å². The molecule has 2 atom stereocenters. The number of fused-ring (bicyclic) bond motifs is 1. The lowest BCUT2D eigenvalue weighted by Gasteiger charge is -2.55. The third-order valence-corrected chi connectivity index (χ3v) is 6.74. The first-order valence-electron chi connectivity index (χ1n) is 8.11. The zero-order valence-electron chi connectivity index (χ0n) is 14.7. The van der Waals surface area contributed by atoms with Gasteiger partial charge in [0.2, 0.25) is 5.91 Å². The van der Waals surface area contributed by atoms with E-state index in [4.69, 9.17) is 4.74 Å². The molecule has 10 heteroatoms. The number of rotatable bonds is 6. The average Bonchev–Trinajstić information content (AvgIpc) is 3.11. The van der Waals surface area contributed by atoms with Gasteiger partial charge in [-0.15, -0.1) is 23.1 Å². The van der Waals surface area contributed by atoms with Gasteiger partial charge in [-0.05, 0) is 18.4 Å². The van der Waals surface area contributed by atoms with Crippen LogP contribution < -0.4 is 5.32 Å². The first kappa shape index (κ1) is 19.4. The first-order chi connectivity index (χ1) is 12.7. The van der Waals surface area contributed by atoms with Gasteiger partial charge >= 0.3 is 11.9 Å². The standard InChI is InChI=1S/C17H18N2O6S2/c1-9(20)25-7-10-8-27-16-17(2,15(24)19(16)13(10)14(22)23)18-12(21)6-11-4-3-5-26-11/h3-5,16H,6-8H2,1-2H3,(H,18,21)(H,22,23)/t16-,17-/m1/s1. The number of carbonyl (C=O) groups is 4. The largest absolute Gasteiger partial charge is 0.477 e. The number of carbonyl (C=O) groups excluding carboxylic acids is 3. The van der Waals surface area contributed by atoms with Crippen molar-refractivity contribution in [2.24, 2.45) is 0 Å². The summed E-state index contributed by atoms with van der Waals surface area (Å²) in [5, 5.41) is 13.7. The Morgan fingerprint density at radius 3 is 2.78 bits per heavy atom. The molecule has 1 fully saturated rings. The second kappa shape index (κ2) is 7.35. The minimum atomic E-state index is -1.26. The van der Waals surface area contributed by atoms with Crippen molar-refractivity contribution in [2.45, 2.75) is 31.2 Å². The minimum Gasteiger partial charge on any atom is -0.477 e. The van der Waals surface area contributed by atoms with E-state index in [1.54, 1.807) is 6.92 Å². The average molecular weight is 410 g/mol. The first-order valence-corrected chi connectivity index (χ1v) is 10.0. The van der Waals surface area contributed by atoms with Gasteiger partial charge < -0.3 is 15.2 Å². The highest BCUT2D eigenvalue weighted by molar-refractivity contribution is 8.00. The fraction of sp³-hybridized carbons (Fsp3) is 0.412. The van der Waals surface area contributed by atoms with E-state index in [9.17, 15) is 24.3 Å². The van der Waals surface area contributed by atoms with Crippen LogP contribution in [0.5, 0.6) is 0 Å². The summed E-state index contributed by atoms with van der Waals surface area (Å²) in [5.41, 5.74) is -0.985. The van der Waals surface area contributed by atoms with E-state index in [2.05, 4.69) is 5.32 Å². The summed E-state index contributed by atoms with van der Waals surface area (Å²) in [5.74, 6) is -2.28. The van der Waals surface area contributed by atoms with Crippen LogP contribution in [0.15, 0.2) is 28.8 Å². The number of amides is 2. The maximum atomic E-state index is 12.7. The molecule has 1 aromatic heterocycles. The molecule has 2 amide bonds. The number of nitrogens with zero attached hydrogens (tertiary/aromatic N) is 1. The Kier molecular flexibility index (Phi) is 5.29. The summed E-state index contributed by atoms with van der Waals surface area (Å²) in [6, 6.07) is 3.68. The number of carboxylic acids is 1. The van der Waals surface area contributed by atoms with Crippen LogP contribution in [0.25, 0.3) is 0 Å². The van der Waals surface area contributed by atoms with E-state index in [1.165, 1.54) is 34.9 Å². The third-order valence-electron chi connectivity index (χ3n) is 4.35. The normalized spacial score (nSPS) is 24.1. The molecule has 2 aliphatic rings. The monoisotopic (exact) mass is 410 g/mol. The molecule has 0 aromatic carbocycles. The molecule has 0 aliphatic carbocycles. The maximum absolute atomic E-state index is 12.7. The molecule has 0 unspecified atom stereocenters. The zero-order chi connectivity index (χ0) is 19.8. The molecule has 1 saturated heterocycles. The van der Waals surface area contributed by atoms with E-state index >= 15 is 0 Å². The van der Waals surface area contributed by atoms with Gasteiger partial charge in [-0.2, -0.15) is 0 Å². The summed E-state index contributed by atoms with van der Waals surface area (Å²) in [7, 11) is 0. The van der Waals surface area contributed by atoms with E-state index in [-0.39, 0.29) is 24.6 Å². The van der Waals surface area contributed by atoms with Crippen molar-refractivity contribution < 1.29 is 29.0 Å². The van der Waals surface area contributed by atoms with Gasteiger partial charge in [-0.25, -0.2) is 4.79 Å². The van der Waals surface area contributed by atoms with Crippen LogP contribution in [0.2, 0.25) is 0 Å². The number of carboxylic acid groups (broad SMARTS) is 1. The van der Waals surface area contributed by atoms with Crippen LogP contribution in [0.4, 0.5) is 0 Å². The van der Waals surface area contributed by atoms with Crippen LogP contribution in [0, 0.1) is 0 Å². The number of hydrogen-bond donors (Lipinski definition) is 2. The second-order valence-electron chi connectivity index (χ2n) is 6.38. The lowest BCUT2D eigenvalue weighted by molar-refractivity contribution is -0.158. The lowest BCUT2D eigenvalue weighted by atomic mass is 9.88. The van der Waals surface area contributed by atoms with Gasteiger partial charge in [0.25, 0.3) is 5.91 Å². The van der Waals surface area contributed by atoms with Gasteiger partial charge in [0.1, 0.15) is 23.2 Å². The fourth-order valence-corrected chi connectivity index (χ4v) is 5.23. The Morgan fingerprint density at radius 2 is 2.19 bits per heavy atom. The number of aliphatic carboxylic acids is 1. The molecule has 2 N–H and O–H groups in total. The van der Waals surface area contributed by atoms with Crippen molar-refractivity contribution in [3.63, 3.8) is 0 Å². The smallest absolute Gasteiger partial charge is 0.352 e. The number of β-lactam (4-membered cyclic amide) rings is 1. The van der Waals surface area contributed by atoms with Crippen molar-refractivity contribution in [3.05, 3.63) is 33.7 Å². The van der Waals surface area contributed by atoms with Crippen LogP contribution in [-0.2, 0) is 30.3 Å². The van der Waals surface area contributed by atoms with Crippen LogP contribution in [0.3, 0.4) is 0 Å². The summed E-state index contributed by atoms with van der Waals surface area (Å²) >= 11 is 2.79. The number of ether oxygens (including phenoxy) is 1. The Hall–Kier alpha value is -2.33.